The highest BCUT2D eigenvalue weighted by atomic mass is 32.2. The Hall–Kier alpha value is -3.98. The largest absolute Gasteiger partial charge is 0.468 e. The number of sulfonamides is 1. The number of nitrogens with one attached hydrogen (secondary N) is 2. The molecule has 5 rings (SSSR count). The van der Waals surface area contributed by atoms with Crippen molar-refractivity contribution < 1.29 is 35.9 Å². The van der Waals surface area contributed by atoms with E-state index in [-0.39, 0.29) is 48.7 Å². The van der Waals surface area contributed by atoms with Crippen LogP contribution in [0.25, 0.3) is 21.9 Å². The molecule has 218 valence electrons. The molecule has 1 aliphatic heterocycles. The monoisotopic (exact) mass is 592 g/mol. The molecule has 11 nitrogen and oxygen atoms in total. The van der Waals surface area contributed by atoms with Crippen molar-refractivity contribution in [1.29, 1.82) is 0 Å². The Morgan fingerprint density at radius 2 is 1.93 bits per heavy atom. The van der Waals surface area contributed by atoms with Gasteiger partial charge in [0.1, 0.15) is 0 Å². The Morgan fingerprint density at radius 1 is 1.17 bits per heavy atom. The second kappa shape index (κ2) is 11.1. The molecule has 0 saturated carbocycles. The van der Waals surface area contributed by atoms with Gasteiger partial charge in [0.15, 0.2) is 5.75 Å². The maximum absolute atomic E-state index is 14.0. The Labute approximate surface area is 232 Å². The van der Waals surface area contributed by atoms with Gasteiger partial charge in [-0.2, -0.15) is 18.3 Å². The lowest BCUT2D eigenvalue weighted by molar-refractivity contribution is -0.146. The lowest BCUT2D eigenvalue weighted by Gasteiger charge is -2.31. The standard InChI is InChI=1S/C26H27F3N6O5S/c1-40-23(36)15-41(38,39)34-9-7-16(8-10-34)12-30-24(37)17-5-6-22-21(11-17)32-25(26(27,28)29)35(22)14-18-3-2-4-20-19(18)13-31-33-20/h2-6,11,13,16H,7-10,12,14-15H2,1H3,(H,30,37)(H,31,33). The van der Waals surface area contributed by atoms with Crippen molar-refractivity contribution >= 4 is 43.8 Å². The van der Waals surface area contributed by atoms with Crippen LogP contribution in [0.15, 0.2) is 42.6 Å². The quantitative estimate of drug-likeness (QED) is 0.300. The summed E-state index contributed by atoms with van der Waals surface area (Å²) >= 11 is 0. The van der Waals surface area contributed by atoms with E-state index in [4.69, 9.17) is 0 Å². The number of carbonyl (C=O) groups is 2. The highest BCUT2D eigenvalue weighted by Gasteiger charge is 2.38. The minimum Gasteiger partial charge on any atom is -0.468 e. The number of benzene rings is 2. The third kappa shape index (κ3) is 6.05. The van der Waals surface area contributed by atoms with E-state index in [2.05, 4.69) is 25.2 Å². The number of carbonyl (C=O) groups excluding carboxylic acids is 2. The number of H-pyrrole nitrogens is 1. The molecule has 1 amide bonds. The van der Waals surface area contributed by atoms with Crippen LogP contribution < -0.4 is 5.32 Å². The summed E-state index contributed by atoms with van der Waals surface area (Å²) in [4.78, 5) is 28.1. The topological polar surface area (TPSA) is 139 Å². The summed E-state index contributed by atoms with van der Waals surface area (Å²) in [7, 11) is -2.66. The third-order valence-electron chi connectivity index (χ3n) is 7.21. The van der Waals surface area contributed by atoms with Crippen molar-refractivity contribution in [2.45, 2.75) is 25.6 Å². The fraction of sp³-hybridized carbons (Fsp3) is 0.385. The summed E-state index contributed by atoms with van der Waals surface area (Å²) in [6, 6.07) is 9.48. The molecule has 0 bridgehead atoms. The van der Waals surface area contributed by atoms with Gasteiger partial charge in [-0.3, -0.25) is 14.7 Å². The molecule has 1 fully saturated rings. The van der Waals surface area contributed by atoms with E-state index in [0.717, 1.165) is 11.7 Å². The number of esters is 1. The predicted molar refractivity (Wildman–Crippen MR) is 142 cm³/mol. The zero-order chi connectivity index (χ0) is 29.4. The molecular formula is C26H27F3N6O5S. The van der Waals surface area contributed by atoms with E-state index >= 15 is 0 Å². The maximum atomic E-state index is 14.0. The fourth-order valence-corrected chi connectivity index (χ4v) is 6.38. The molecule has 2 aromatic carbocycles. The van der Waals surface area contributed by atoms with E-state index < -0.39 is 39.7 Å². The second-order valence-electron chi connectivity index (χ2n) is 9.86. The lowest BCUT2D eigenvalue weighted by Crippen LogP contribution is -2.43. The number of hydrogen-bond donors (Lipinski definition) is 2. The summed E-state index contributed by atoms with van der Waals surface area (Å²) in [5, 5.41) is 10.3. The number of aromatic nitrogens is 4. The number of rotatable bonds is 8. The average Bonchev–Trinajstić information content (AvgIpc) is 3.57. The molecular weight excluding hydrogens is 565 g/mol. The van der Waals surface area contributed by atoms with Crippen molar-refractivity contribution in [1.82, 2.24) is 29.4 Å². The molecule has 0 atom stereocenters. The maximum Gasteiger partial charge on any atom is 0.449 e. The van der Waals surface area contributed by atoms with Gasteiger partial charge >= 0.3 is 12.1 Å². The first kappa shape index (κ1) is 28.5. The summed E-state index contributed by atoms with van der Waals surface area (Å²) in [6.45, 7) is 0.576. The third-order valence-corrected chi connectivity index (χ3v) is 8.97. The number of methoxy groups -OCH3 is 1. The van der Waals surface area contributed by atoms with Crippen LogP contribution in [0.2, 0.25) is 0 Å². The van der Waals surface area contributed by atoms with Crippen LogP contribution in [0.3, 0.4) is 0 Å². The van der Waals surface area contributed by atoms with E-state index in [9.17, 15) is 31.2 Å². The number of hydrogen-bond acceptors (Lipinski definition) is 7. The smallest absolute Gasteiger partial charge is 0.449 e. The average molecular weight is 593 g/mol. The highest BCUT2D eigenvalue weighted by Crippen LogP contribution is 2.33. The van der Waals surface area contributed by atoms with E-state index in [1.54, 1.807) is 24.4 Å². The second-order valence-corrected chi connectivity index (χ2v) is 11.8. The van der Waals surface area contributed by atoms with Crippen molar-refractivity contribution in [3.63, 3.8) is 0 Å². The number of nitrogens with zero attached hydrogens (tertiary/aromatic N) is 4. The first-order valence-electron chi connectivity index (χ1n) is 12.8. The molecule has 0 spiro atoms. The fourth-order valence-electron chi connectivity index (χ4n) is 5.01. The number of halogens is 3. The van der Waals surface area contributed by atoms with Crippen molar-refractivity contribution in [3.05, 3.63) is 59.5 Å². The molecule has 41 heavy (non-hydrogen) atoms. The lowest BCUT2D eigenvalue weighted by atomic mass is 9.98. The van der Waals surface area contributed by atoms with Crippen molar-refractivity contribution in [2.24, 2.45) is 5.92 Å². The molecule has 0 aliphatic carbocycles. The molecule has 4 aromatic rings. The van der Waals surface area contributed by atoms with Crippen LogP contribution in [-0.2, 0) is 32.3 Å². The van der Waals surface area contributed by atoms with Crippen LogP contribution >= 0.6 is 0 Å². The highest BCUT2D eigenvalue weighted by molar-refractivity contribution is 7.89. The Bertz CT molecular complexity index is 1710. The van der Waals surface area contributed by atoms with E-state index in [0.29, 0.717) is 29.3 Å². The van der Waals surface area contributed by atoms with Gasteiger partial charge in [-0.25, -0.2) is 17.7 Å². The molecule has 2 aromatic heterocycles. The Morgan fingerprint density at radius 3 is 2.63 bits per heavy atom. The molecule has 2 N–H and O–H groups in total. The summed E-state index contributed by atoms with van der Waals surface area (Å²) in [5.41, 5.74) is 1.76. The number of fused-ring (bicyclic) bond motifs is 2. The summed E-state index contributed by atoms with van der Waals surface area (Å²) in [6.07, 6.45) is -2.21. The first-order chi connectivity index (χ1) is 19.5. The summed E-state index contributed by atoms with van der Waals surface area (Å²) in [5.74, 6) is -3.11. The zero-order valence-corrected chi connectivity index (χ0v) is 22.8. The van der Waals surface area contributed by atoms with Crippen LogP contribution in [0.4, 0.5) is 13.2 Å². The van der Waals surface area contributed by atoms with Crippen molar-refractivity contribution in [3.8, 4) is 0 Å². The van der Waals surface area contributed by atoms with Crippen LogP contribution in [0, 0.1) is 5.92 Å². The van der Waals surface area contributed by atoms with E-state index in [1.807, 2.05) is 0 Å². The molecule has 0 radical (unpaired) electrons. The number of aromatic amines is 1. The minimum absolute atomic E-state index is 0.00562. The van der Waals surface area contributed by atoms with Gasteiger partial charge in [-0.1, -0.05) is 12.1 Å². The van der Waals surface area contributed by atoms with Gasteiger partial charge in [0.25, 0.3) is 5.91 Å². The Kier molecular flexibility index (Phi) is 7.74. The van der Waals surface area contributed by atoms with Gasteiger partial charge < -0.3 is 14.6 Å². The van der Waals surface area contributed by atoms with E-state index in [1.165, 1.54) is 22.5 Å². The van der Waals surface area contributed by atoms with Gasteiger partial charge in [0.05, 0.1) is 36.4 Å². The molecule has 1 saturated heterocycles. The van der Waals surface area contributed by atoms with Crippen LogP contribution in [-0.4, -0.2) is 76.8 Å². The predicted octanol–water partition coefficient (Wildman–Crippen LogP) is 2.92. The number of amides is 1. The normalized spacial score (nSPS) is 15.4. The number of piperidine rings is 1. The number of alkyl halides is 3. The molecule has 15 heteroatoms. The molecule has 3 heterocycles. The Balaban J connectivity index is 1.28. The minimum atomic E-state index is -4.72. The SMILES string of the molecule is COC(=O)CS(=O)(=O)N1CCC(CNC(=O)c2ccc3c(c2)nc(C(F)(F)F)n3Cc2cccc3[nH]ncc23)CC1. The summed E-state index contributed by atoms with van der Waals surface area (Å²) < 4.78 is 73.3. The van der Waals surface area contributed by atoms with Gasteiger partial charge in [0, 0.05) is 30.6 Å². The van der Waals surface area contributed by atoms with Gasteiger partial charge in [0.2, 0.25) is 15.8 Å². The first-order valence-corrected chi connectivity index (χ1v) is 14.4. The zero-order valence-electron chi connectivity index (χ0n) is 21.9. The number of imidazole rings is 1. The molecule has 1 aliphatic rings. The van der Waals surface area contributed by atoms with Crippen molar-refractivity contribution in [2.75, 3.05) is 32.5 Å². The van der Waals surface area contributed by atoms with Gasteiger partial charge in [-0.05, 0) is 48.6 Å². The van der Waals surface area contributed by atoms with Gasteiger partial charge in [-0.15, -0.1) is 0 Å². The molecule has 0 unspecified atom stereocenters. The van der Waals surface area contributed by atoms with Crippen LogP contribution in [0.1, 0.15) is 34.6 Å². The number of ether oxygens (including phenoxy) is 1. The van der Waals surface area contributed by atoms with Crippen LogP contribution in [0.5, 0.6) is 0 Å².